The maximum atomic E-state index is 11.4. The number of amides is 1. The summed E-state index contributed by atoms with van der Waals surface area (Å²) in [6, 6.07) is 0.0304. The first-order chi connectivity index (χ1) is 8.67. The average molecular weight is 288 g/mol. The molecule has 0 aliphatic carbocycles. The molecule has 0 bridgehead atoms. The highest BCUT2D eigenvalue weighted by atomic mass is 28.4. The van der Waals surface area contributed by atoms with E-state index in [1.165, 1.54) is 7.11 Å². The fourth-order valence-electron chi connectivity index (χ4n) is 1.88. The van der Waals surface area contributed by atoms with Gasteiger partial charge in [-0.1, -0.05) is 20.8 Å². The fraction of sp³-hybridized carbons (Fsp3) is 0.923. The van der Waals surface area contributed by atoms with Crippen molar-refractivity contribution in [1.82, 2.24) is 10.6 Å². The SMILES string of the molecule is COC(=O)N[C@H]1CCNC[C@@H]1O[Si](C)(C)C(C)(C)C. The van der Waals surface area contributed by atoms with Gasteiger partial charge in [-0.15, -0.1) is 0 Å². The molecule has 0 saturated carbocycles. The summed E-state index contributed by atoms with van der Waals surface area (Å²) in [4.78, 5) is 11.4. The first-order valence-corrected chi connectivity index (χ1v) is 9.81. The quantitative estimate of drug-likeness (QED) is 0.781. The molecule has 1 heterocycles. The van der Waals surface area contributed by atoms with Crippen LogP contribution in [0.5, 0.6) is 0 Å². The maximum Gasteiger partial charge on any atom is 0.407 e. The fourth-order valence-corrected chi connectivity index (χ4v) is 3.24. The third kappa shape index (κ3) is 4.47. The summed E-state index contributed by atoms with van der Waals surface area (Å²) in [5.74, 6) is 0. The van der Waals surface area contributed by atoms with E-state index >= 15 is 0 Å². The Morgan fingerprint density at radius 3 is 2.53 bits per heavy atom. The second-order valence-electron chi connectivity index (χ2n) is 6.65. The summed E-state index contributed by atoms with van der Waals surface area (Å²) < 4.78 is 11.1. The third-order valence-electron chi connectivity index (χ3n) is 4.17. The summed E-state index contributed by atoms with van der Waals surface area (Å²) in [5, 5.41) is 6.39. The Kier molecular flexibility index (Phi) is 5.40. The van der Waals surface area contributed by atoms with Crippen molar-refractivity contribution in [2.45, 2.75) is 57.5 Å². The smallest absolute Gasteiger partial charge is 0.407 e. The average Bonchev–Trinajstić information content (AvgIpc) is 2.29. The van der Waals surface area contributed by atoms with Crippen LogP contribution in [0.2, 0.25) is 18.1 Å². The minimum absolute atomic E-state index is 0.0220. The van der Waals surface area contributed by atoms with Gasteiger partial charge in [0.1, 0.15) is 0 Å². The molecule has 0 aromatic rings. The van der Waals surface area contributed by atoms with E-state index in [0.29, 0.717) is 0 Å². The van der Waals surface area contributed by atoms with Crippen molar-refractivity contribution in [1.29, 1.82) is 0 Å². The van der Waals surface area contributed by atoms with E-state index < -0.39 is 8.32 Å². The molecule has 1 aliphatic rings. The van der Waals surface area contributed by atoms with E-state index in [0.717, 1.165) is 19.5 Å². The van der Waals surface area contributed by atoms with E-state index in [2.05, 4.69) is 49.2 Å². The Labute approximate surface area is 117 Å². The summed E-state index contributed by atoms with van der Waals surface area (Å²) in [7, 11) is -0.438. The molecule has 0 spiro atoms. The van der Waals surface area contributed by atoms with Crippen molar-refractivity contribution in [3.63, 3.8) is 0 Å². The van der Waals surface area contributed by atoms with Crippen LogP contribution in [0.1, 0.15) is 27.2 Å². The summed E-state index contributed by atoms with van der Waals surface area (Å²) >= 11 is 0. The molecule has 1 saturated heterocycles. The van der Waals surface area contributed by atoms with E-state index in [4.69, 9.17) is 4.43 Å². The molecule has 2 atom stereocenters. The molecular weight excluding hydrogens is 260 g/mol. The van der Waals surface area contributed by atoms with Crippen molar-refractivity contribution in [2.24, 2.45) is 0 Å². The van der Waals surface area contributed by atoms with Crippen LogP contribution in [-0.4, -0.2) is 46.8 Å². The Bertz CT molecular complexity index is 316. The standard InChI is InChI=1S/C13H28N2O3Si/c1-13(2,3)19(5,6)18-11-9-14-8-7-10(11)15-12(16)17-4/h10-11,14H,7-9H2,1-6H3,(H,15,16)/t10-,11-/m0/s1. The molecule has 19 heavy (non-hydrogen) atoms. The maximum absolute atomic E-state index is 11.4. The molecule has 112 valence electrons. The molecule has 0 aromatic heterocycles. The highest BCUT2D eigenvalue weighted by molar-refractivity contribution is 6.74. The van der Waals surface area contributed by atoms with Gasteiger partial charge in [-0.3, -0.25) is 0 Å². The number of carbonyl (C=O) groups excluding carboxylic acids is 1. The largest absolute Gasteiger partial charge is 0.453 e. The number of alkyl carbamates (subject to hydrolysis) is 1. The van der Waals surface area contributed by atoms with Crippen LogP contribution in [0.15, 0.2) is 0 Å². The lowest BCUT2D eigenvalue weighted by Crippen LogP contribution is -2.58. The van der Waals surface area contributed by atoms with Crippen molar-refractivity contribution in [2.75, 3.05) is 20.2 Å². The molecule has 1 fully saturated rings. The summed E-state index contributed by atoms with van der Waals surface area (Å²) in [6.45, 7) is 12.8. The molecule has 0 unspecified atom stereocenters. The summed E-state index contributed by atoms with van der Waals surface area (Å²) in [5.41, 5.74) is 0. The van der Waals surface area contributed by atoms with Crippen LogP contribution in [0.4, 0.5) is 4.79 Å². The molecular formula is C13H28N2O3Si. The van der Waals surface area contributed by atoms with Crippen LogP contribution in [0.25, 0.3) is 0 Å². The molecule has 0 aromatic carbocycles. The number of nitrogens with one attached hydrogen (secondary N) is 2. The van der Waals surface area contributed by atoms with Crippen LogP contribution >= 0.6 is 0 Å². The molecule has 2 N–H and O–H groups in total. The lowest BCUT2D eigenvalue weighted by molar-refractivity contribution is 0.101. The third-order valence-corrected chi connectivity index (χ3v) is 8.67. The Morgan fingerprint density at radius 1 is 1.37 bits per heavy atom. The van der Waals surface area contributed by atoms with Gasteiger partial charge in [0.25, 0.3) is 0 Å². The molecule has 1 rings (SSSR count). The van der Waals surface area contributed by atoms with Gasteiger partial charge >= 0.3 is 6.09 Å². The van der Waals surface area contributed by atoms with Gasteiger partial charge in [0.15, 0.2) is 8.32 Å². The van der Waals surface area contributed by atoms with E-state index in [-0.39, 0.29) is 23.3 Å². The van der Waals surface area contributed by atoms with Crippen LogP contribution in [-0.2, 0) is 9.16 Å². The zero-order valence-electron chi connectivity index (χ0n) is 13.0. The van der Waals surface area contributed by atoms with Gasteiger partial charge in [0.05, 0.1) is 19.3 Å². The second-order valence-corrected chi connectivity index (χ2v) is 11.4. The number of carbonyl (C=O) groups is 1. The van der Waals surface area contributed by atoms with Crippen molar-refractivity contribution in [3.05, 3.63) is 0 Å². The topological polar surface area (TPSA) is 59.6 Å². The number of ether oxygens (including phenoxy) is 1. The number of hydrogen-bond donors (Lipinski definition) is 2. The normalized spacial score (nSPS) is 24.9. The molecule has 6 heteroatoms. The highest BCUT2D eigenvalue weighted by Gasteiger charge is 2.41. The zero-order valence-corrected chi connectivity index (χ0v) is 14.0. The molecule has 1 amide bonds. The first kappa shape index (κ1) is 16.5. The first-order valence-electron chi connectivity index (χ1n) is 6.90. The van der Waals surface area contributed by atoms with Gasteiger partial charge < -0.3 is 19.8 Å². The minimum Gasteiger partial charge on any atom is -0.453 e. The van der Waals surface area contributed by atoms with Crippen LogP contribution in [0.3, 0.4) is 0 Å². The zero-order chi connectivity index (χ0) is 14.7. The monoisotopic (exact) mass is 288 g/mol. The lowest BCUT2D eigenvalue weighted by atomic mass is 10.0. The van der Waals surface area contributed by atoms with Crippen LogP contribution in [0, 0.1) is 0 Å². The predicted octanol–water partition coefficient (Wildman–Crippen LogP) is 2.09. The van der Waals surface area contributed by atoms with Gasteiger partial charge in [0, 0.05) is 6.54 Å². The van der Waals surface area contributed by atoms with Gasteiger partial charge in [-0.2, -0.15) is 0 Å². The number of rotatable bonds is 3. The molecule has 5 nitrogen and oxygen atoms in total. The number of hydrogen-bond acceptors (Lipinski definition) is 4. The Balaban J connectivity index is 2.70. The van der Waals surface area contributed by atoms with E-state index in [1.807, 2.05) is 0 Å². The Morgan fingerprint density at radius 2 is 2.00 bits per heavy atom. The predicted molar refractivity (Wildman–Crippen MR) is 78.9 cm³/mol. The highest BCUT2D eigenvalue weighted by Crippen LogP contribution is 2.37. The van der Waals surface area contributed by atoms with Gasteiger partial charge in [0.2, 0.25) is 0 Å². The van der Waals surface area contributed by atoms with Gasteiger partial charge in [-0.25, -0.2) is 4.79 Å². The number of piperidine rings is 1. The van der Waals surface area contributed by atoms with Crippen LogP contribution < -0.4 is 10.6 Å². The Hall–Kier alpha value is -0.593. The van der Waals surface area contributed by atoms with E-state index in [1.54, 1.807) is 0 Å². The number of methoxy groups -OCH3 is 1. The van der Waals surface area contributed by atoms with Crippen molar-refractivity contribution < 1.29 is 14.0 Å². The molecule has 0 radical (unpaired) electrons. The van der Waals surface area contributed by atoms with Crippen molar-refractivity contribution >= 4 is 14.4 Å². The minimum atomic E-state index is -1.83. The second kappa shape index (κ2) is 6.24. The van der Waals surface area contributed by atoms with E-state index in [9.17, 15) is 4.79 Å². The lowest BCUT2D eigenvalue weighted by Gasteiger charge is -2.43. The summed E-state index contributed by atoms with van der Waals surface area (Å²) in [6.07, 6.45) is 0.512. The van der Waals surface area contributed by atoms with Gasteiger partial charge in [-0.05, 0) is 31.1 Å². The molecule has 1 aliphatic heterocycles. The van der Waals surface area contributed by atoms with Crippen molar-refractivity contribution in [3.8, 4) is 0 Å².